The van der Waals surface area contributed by atoms with Crippen molar-refractivity contribution in [2.75, 3.05) is 6.54 Å². The van der Waals surface area contributed by atoms with Crippen LogP contribution in [-0.2, 0) is 27.1 Å². The highest BCUT2D eigenvalue weighted by molar-refractivity contribution is 6.08. The first kappa shape index (κ1) is 20.2. The van der Waals surface area contributed by atoms with Crippen LogP contribution in [0.1, 0.15) is 43.7 Å². The van der Waals surface area contributed by atoms with Gasteiger partial charge in [-0.25, -0.2) is 4.79 Å². The van der Waals surface area contributed by atoms with E-state index < -0.39 is 48.3 Å². The number of amides is 3. The average molecular weight is 398 g/mol. The van der Waals surface area contributed by atoms with E-state index in [0.717, 1.165) is 30.2 Å². The highest BCUT2D eigenvalue weighted by Crippen LogP contribution is 2.38. The molecule has 0 aromatic heterocycles. The van der Waals surface area contributed by atoms with Gasteiger partial charge in [-0.15, -0.1) is 0 Å². The Bertz CT molecular complexity index is 796. The van der Waals surface area contributed by atoms with Crippen LogP contribution in [0.3, 0.4) is 0 Å². The Kier molecular flexibility index (Phi) is 5.36. The molecule has 3 rings (SSSR count). The van der Waals surface area contributed by atoms with Crippen LogP contribution in [-0.4, -0.2) is 34.9 Å². The molecule has 2 fully saturated rings. The number of hydrogen-bond donors (Lipinski definition) is 1. The van der Waals surface area contributed by atoms with Crippen molar-refractivity contribution in [3.05, 3.63) is 35.4 Å². The Hall–Kier alpha value is -2.58. The van der Waals surface area contributed by atoms with Crippen LogP contribution >= 0.6 is 0 Å². The first-order valence-electron chi connectivity index (χ1n) is 9.10. The first-order valence-corrected chi connectivity index (χ1v) is 9.10. The van der Waals surface area contributed by atoms with Gasteiger partial charge in [-0.3, -0.25) is 14.5 Å². The Balaban J connectivity index is 1.65. The molecule has 0 bridgehead atoms. The van der Waals surface area contributed by atoms with E-state index in [0.29, 0.717) is 6.42 Å². The third-order valence-electron chi connectivity index (χ3n) is 5.50. The number of benzene rings is 1. The van der Waals surface area contributed by atoms with Crippen LogP contribution in [0.4, 0.5) is 18.0 Å². The lowest BCUT2D eigenvalue weighted by Gasteiger charge is -2.36. The van der Waals surface area contributed by atoms with Gasteiger partial charge in [0.05, 0.1) is 5.56 Å². The topological polar surface area (TPSA) is 75.7 Å². The van der Waals surface area contributed by atoms with E-state index in [1.165, 1.54) is 18.2 Å². The van der Waals surface area contributed by atoms with Gasteiger partial charge in [0, 0.05) is 5.56 Å². The summed E-state index contributed by atoms with van der Waals surface area (Å²) >= 11 is 0. The zero-order valence-electron chi connectivity index (χ0n) is 15.3. The van der Waals surface area contributed by atoms with Gasteiger partial charge in [0.2, 0.25) is 0 Å². The molecule has 0 radical (unpaired) electrons. The van der Waals surface area contributed by atoms with Gasteiger partial charge in [0.25, 0.3) is 5.91 Å². The summed E-state index contributed by atoms with van der Waals surface area (Å²) in [5, 5.41) is 2.71. The van der Waals surface area contributed by atoms with Crippen molar-refractivity contribution in [3.63, 3.8) is 0 Å². The Labute approximate surface area is 160 Å². The zero-order chi connectivity index (χ0) is 20.5. The minimum Gasteiger partial charge on any atom is -0.459 e. The number of rotatable bonds is 4. The van der Waals surface area contributed by atoms with E-state index in [2.05, 4.69) is 5.32 Å². The van der Waals surface area contributed by atoms with Crippen molar-refractivity contribution in [3.8, 4) is 0 Å². The lowest BCUT2D eigenvalue weighted by molar-refractivity contribution is -0.150. The number of hydrogen-bond acceptors (Lipinski definition) is 4. The molecule has 2 atom stereocenters. The minimum absolute atomic E-state index is 0.0580. The maximum absolute atomic E-state index is 13.0. The number of alkyl halides is 3. The second kappa shape index (κ2) is 7.44. The van der Waals surface area contributed by atoms with Crippen LogP contribution in [0.15, 0.2) is 24.3 Å². The fourth-order valence-electron chi connectivity index (χ4n) is 3.89. The molecule has 28 heavy (non-hydrogen) atoms. The number of halogens is 3. The molecule has 1 saturated carbocycles. The normalized spacial score (nSPS) is 25.1. The molecule has 2 aliphatic rings. The van der Waals surface area contributed by atoms with Crippen molar-refractivity contribution < 1.29 is 32.3 Å². The third-order valence-corrected chi connectivity index (χ3v) is 5.50. The maximum Gasteiger partial charge on any atom is 0.416 e. The molecule has 1 heterocycles. The number of nitrogens with one attached hydrogen (secondary N) is 1. The van der Waals surface area contributed by atoms with Crippen molar-refractivity contribution >= 4 is 17.9 Å². The summed E-state index contributed by atoms with van der Waals surface area (Å²) in [4.78, 5) is 37.9. The number of urea groups is 1. The summed E-state index contributed by atoms with van der Waals surface area (Å²) in [6, 6.07) is 4.08. The molecule has 6 nitrogen and oxygen atoms in total. The highest BCUT2D eigenvalue weighted by atomic mass is 19.4. The molecule has 9 heteroatoms. The molecule has 1 saturated heterocycles. The van der Waals surface area contributed by atoms with E-state index in [-0.39, 0.29) is 11.5 Å². The molecule has 3 amide bonds. The summed E-state index contributed by atoms with van der Waals surface area (Å²) in [5.41, 5.74) is -2.09. The van der Waals surface area contributed by atoms with Crippen LogP contribution in [0.25, 0.3) is 0 Å². The van der Waals surface area contributed by atoms with Gasteiger partial charge in [-0.1, -0.05) is 38.0 Å². The fraction of sp³-hybridized carbons (Fsp3) is 0.526. The number of imide groups is 1. The van der Waals surface area contributed by atoms with E-state index in [1.54, 1.807) is 0 Å². The highest BCUT2D eigenvalue weighted by Gasteiger charge is 2.55. The molecule has 1 N–H and O–H groups in total. The van der Waals surface area contributed by atoms with Gasteiger partial charge in [-0.05, 0) is 24.8 Å². The molecular weight excluding hydrogens is 377 g/mol. The van der Waals surface area contributed by atoms with Gasteiger partial charge in [0.15, 0.2) is 0 Å². The van der Waals surface area contributed by atoms with Crippen molar-refractivity contribution in [1.29, 1.82) is 0 Å². The van der Waals surface area contributed by atoms with E-state index >= 15 is 0 Å². The van der Waals surface area contributed by atoms with E-state index in [9.17, 15) is 27.6 Å². The van der Waals surface area contributed by atoms with Crippen LogP contribution in [0.2, 0.25) is 0 Å². The van der Waals surface area contributed by atoms with Crippen LogP contribution in [0, 0.1) is 5.92 Å². The van der Waals surface area contributed by atoms with Crippen molar-refractivity contribution in [2.24, 2.45) is 5.92 Å². The molecule has 1 aromatic carbocycles. The summed E-state index contributed by atoms with van der Waals surface area (Å²) in [7, 11) is 0. The summed E-state index contributed by atoms with van der Waals surface area (Å²) in [6.07, 6.45) is -1.52. The molecule has 0 unspecified atom stereocenters. The lowest BCUT2D eigenvalue weighted by Crippen LogP contribution is -2.54. The molecule has 1 aliphatic heterocycles. The SMILES string of the molecule is C[C@H]1CCCC[C@@]12NC(=O)N(CC(=O)OCc1ccccc1C(F)(F)F)C2=O. The Morgan fingerprint density at radius 3 is 2.68 bits per heavy atom. The smallest absolute Gasteiger partial charge is 0.416 e. The largest absolute Gasteiger partial charge is 0.459 e. The monoisotopic (exact) mass is 398 g/mol. The Morgan fingerprint density at radius 2 is 2.00 bits per heavy atom. The number of esters is 1. The fourth-order valence-corrected chi connectivity index (χ4v) is 3.89. The third kappa shape index (κ3) is 3.70. The van der Waals surface area contributed by atoms with Crippen LogP contribution in [0.5, 0.6) is 0 Å². The van der Waals surface area contributed by atoms with Gasteiger partial charge < -0.3 is 10.1 Å². The molecule has 1 aliphatic carbocycles. The minimum atomic E-state index is -4.57. The zero-order valence-corrected chi connectivity index (χ0v) is 15.3. The second-order valence-electron chi connectivity index (χ2n) is 7.26. The van der Waals surface area contributed by atoms with Gasteiger partial charge in [-0.2, -0.15) is 13.2 Å². The molecular formula is C19H21F3N2O4. The standard InChI is InChI=1S/C19H21F3N2O4/c1-12-6-4-5-9-18(12)16(26)24(17(27)23-18)10-15(25)28-11-13-7-2-3-8-14(13)19(20,21)22/h2-3,7-8,12H,4-6,9-11H2,1H3,(H,23,27)/t12-,18+/m0/s1. The summed E-state index contributed by atoms with van der Waals surface area (Å²) in [5.74, 6) is -1.48. The predicted molar refractivity (Wildman–Crippen MR) is 91.8 cm³/mol. The van der Waals surface area contributed by atoms with Gasteiger partial charge in [0.1, 0.15) is 18.7 Å². The summed E-state index contributed by atoms with van der Waals surface area (Å²) < 4.78 is 43.9. The number of carbonyl (C=O) groups is 3. The van der Waals surface area contributed by atoms with Crippen molar-refractivity contribution in [2.45, 2.75) is 50.9 Å². The number of ether oxygens (including phenoxy) is 1. The number of carbonyl (C=O) groups excluding carboxylic acids is 3. The summed E-state index contributed by atoms with van der Waals surface area (Å²) in [6.45, 7) is 0.653. The second-order valence-corrected chi connectivity index (χ2v) is 7.26. The maximum atomic E-state index is 13.0. The van der Waals surface area contributed by atoms with E-state index in [4.69, 9.17) is 4.74 Å². The predicted octanol–water partition coefficient (Wildman–Crippen LogP) is 3.25. The average Bonchev–Trinajstić information content (AvgIpc) is 2.87. The first-order chi connectivity index (χ1) is 13.1. The molecule has 1 aromatic rings. The lowest BCUT2D eigenvalue weighted by atomic mass is 9.73. The van der Waals surface area contributed by atoms with Gasteiger partial charge >= 0.3 is 18.2 Å². The quantitative estimate of drug-likeness (QED) is 0.624. The van der Waals surface area contributed by atoms with Crippen molar-refractivity contribution in [1.82, 2.24) is 10.2 Å². The Morgan fingerprint density at radius 1 is 1.29 bits per heavy atom. The van der Waals surface area contributed by atoms with Crippen LogP contribution < -0.4 is 5.32 Å². The number of nitrogens with zero attached hydrogens (tertiary/aromatic N) is 1. The van der Waals surface area contributed by atoms with E-state index in [1.807, 2.05) is 6.92 Å². The molecule has 152 valence electrons. The molecule has 1 spiro atoms.